The Balaban J connectivity index is 2.23. The predicted octanol–water partition coefficient (Wildman–Crippen LogP) is 2.37. The fraction of sp³-hybridized carbons (Fsp3) is 0.538. The Bertz CT molecular complexity index is 577. The minimum atomic E-state index is -3.66. The van der Waals surface area contributed by atoms with Crippen LogP contribution in [0.3, 0.4) is 0 Å². The second-order valence-electron chi connectivity index (χ2n) is 4.96. The van der Waals surface area contributed by atoms with Gasteiger partial charge in [-0.15, -0.1) is 0 Å². The van der Waals surface area contributed by atoms with Crippen molar-refractivity contribution in [2.75, 3.05) is 19.7 Å². The van der Waals surface area contributed by atoms with E-state index in [9.17, 15) is 12.8 Å². The van der Waals surface area contributed by atoms with E-state index in [1.54, 1.807) is 0 Å². The van der Waals surface area contributed by atoms with Crippen LogP contribution in [0.2, 0.25) is 0 Å². The van der Waals surface area contributed by atoms with E-state index in [0.29, 0.717) is 19.5 Å². The van der Waals surface area contributed by atoms with Gasteiger partial charge in [-0.1, -0.05) is 0 Å². The summed E-state index contributed by atoms with van der Waals surface area (Å²) in [5.74, 6) is -0.418. The highest BCUT2D eigenvalue weighted by Crippen LogP contribution is 2.27. The molecule has 112 valence electrons. The van der Waals surface area contributed by atoms with Crippen LogP contribution in [0.4, 0.5) is 4.39 Å². The minimum Gasteiger partial charge on any atom is -0.396 e. The molecule has 0 bridgehead atoms. The standard InChI is InChI=1S/C13H17BrFNO3S/c14-12-4-3-11(8-13(12)15)20(18,19)16-6-1-2-10(9-16)5-7-17/h3-4,8,10,17H,1-2,5-7,9H2. The molecule has 1 heterocycles. The third-order valence-electron chi connectivity index (χ3n) is 3.55. The molecule has 1 saturated heterocycles. The maximum absolute atomic E-state index is 13.5. The normalized spacial score (nSPS) is 21.1. The van der Waals surface area contributed by atoms with Gasteiger partial charge >= 0.3 is 0 Å². The molecule has 2 rings (SSSR count). The molecule has 0 spiro atoms. The number of piperidine rings is 1. The van der Waals surface area contributed by atoms with Gasteiger partial charge < -0.3 is 5.11 Å². The van der Waals surface area contributed by atoms with Crippen LogP contribution in [0, 0.1) is 11.7 Å². The summed E-state index contributed by atoms with van der Waals surface area (Å²) in [5, 5.41) is 8.97. The molecule has 1 atom stereocenters. The number of aliphatic hydroxyl groups excluding tert-OH is 1. The third kappa shape index (κ3) is 3.39. The predicted molar refractivity (Wildman–Crippen MR) is 77.3 cm³/mol. The van der Waals surface area contributed by atoms with E-state index in [-0.39, 0.29) is 21.9 Å². The van der Waals surface area contributed by atoms with Gasteiger partial charge in [0.25, 0.3) is 0 Å². The average molecular weight is 366 g/mol. The Morgan fingerprint density at radius 3 is 2.85 bits per heavy atom. The highest BCUT2D eigenvalue weighted by Gasteiger charge is 2.30. The van der Waals surface area contributed by atoms with Crippen LogP contribution in [0.15, 0.2) is 27.6 Å². The summed E-state index contributed by atoms with van der Waals surface area (Å²) in [4.78, 5) is -0.0251. The monoisotopic (exact) mass is 365 g/mol. The van der Waals surface area contributed by atoms with Crippen molar-refractivity contribution in [2.45, 2.75) is 24.2 Å². The van der Waals surface area contributed by atoms with Gasteiger partial charge in [0, 0.05) is 19.7 Å². The molecule has 20 heavy (non-hydrogen) atoms. The topological polar surface area (TPSA) is 57.6 Å². The highest BCUT2D eigenvalue weighted by molar-refractivity contribution is 9.10. The van der Waals surface area contributed by atoms with Crippen LogP contribution >= 0.6 is 15.9 Å². The van der Waals surface area contributed by atoms with Crippen molar-refractivity contribution in [2.24, 2.45) is 5.92 Å². The number of benzene rings is 1. The zero-order valence-corrected chi connectivity index (χ0v) is 13.3. The van der Waals surface area contributed by atoms with Gasteiger partial charge in [0.15, 0.2) is 0 Å². The van der Waals surface area contributed by atoms with Gasteiger partial charge in [-0.05, 0) is 59.3 Å². The highest BCUT2D eigenvalue weighted by atomic mass is 79.9. The van der Waals surface area contributed by atoms with Crippen LogP contribution < -0.4 is 0 Å². The van der Waals surface area contributed by atoms with Crippen LogP contribution in [0.25, 0.3) is 0 Å². The van der Waals surface area contributed by atoms with E-state index in [0.717, 1.165) is 18.9 Å². The number of rotatable bonds is 4. The summed E-state index contributed by atoms with van der Waals surface area (Å²) < 4.78 is 40.1. The lowest BCUT2D eigenvalue weighted by Crippen LogP contribution is -2.40. The van der Waals surface area contributed by atoms with Crippen LogP contribution in [-0.4, -0.2) is 37.5 Å². The maximum atomic E-state index is 13.5. The first kappa shape index (κ1) is 15.9. The van der Waals surface area contributed by atoms with Gasteiger partial charge in [-0.3, -0.25) is 0 Å². The lowest BCUT2D eigenvalue weighted by Gasteiger charge is -2.31. The van der Waals surface area contributed by atoms with E-state index < -0.39 is 15.8 Å². The van der Waals surface area contributed by atoms with Gasteiger partial charge in [0.2, 0.25) is 10.0 Å². The Kier molecular flexibility index (Phi) is 5.17. The Hall–Kier alpha value is -0.500. The zero-order valence-electron chi connectivity index (χ0n) is 10.9. The summed E-state index contributed by atoms with van der Waals surface area (Å²) in [6.07, 6.45) is 2.28. The molecule has 0 aromatic heterocycles. The number of nitrogens with zero attached hydrogens (tertiary/aromatic N) is 1. The lowest BCUT2D eigenvalue weighted by molar-refractivity contribution is 0.203. The van der Waals surface area contributed by atoms with E-state index in [4.69, 9.17) is 5.11 Å². The van der Waals surface area contributed by atoms with E-state index >= 15 is 0 Å². The van der Waals surface area contributed by atoms with Gasteiger partial charge in [0.05, 0.1) is 9.37 Å². The smallest absolute Gasteiger partial charge is 0.243 e. The third-order valence-corrected chi connectivity index (χ3v) is 6.05. The molecule has 1 aromatic rings. The molecule has 1 unspecified atom stereocenters. The van der Waals surface area contributed by atoms with Crippen molar-refractivity contribution in [3.63, 3.8) is 0 Å². The Morgan fingerprint density at radius 2 is 2.20 bits per heavy atom. The molecule has 1 aliphatic heterocycles. The molecule has 0 radical (unpaired) electrons. The average Bonchev–Trinajstić information content (AvgIpc) is 2.42. The molecule has 4 nitrogen and oxygen atoms in total. The minimum absolute atomic E-state index is 0.0251. The summed E-state index contributed by atoms with van der Waals surface area (Å²) in [7, 11) is -3.66. The molecule has 0 amide bonds. The van der Waals surface area contributed by atoms with E-state index in [1.807, 2.05) is 0 Å². The van der Waals surface area contributed by atoms with Gasteiger partial charge in [0.1, 0.15) is 5.82 Å². The first-order valence-electron chi connectivity index (χ1n) is 6.51. The van der Waals surface area contributed by atoms with Crippen molar-refractivity contribution < 1.29 is 17.9 Å². The number of hydrogen-bond donors (Lipinski definition) is 1. The molecule has 1 N–H and O–H groups in total. The van der Waals surface area contributed by atoms with Crippen LogP contribution in [0.1, 0.15) is 19.3 Å². The second-order valence-corrected chi connectivity index (χ2v) is 7.75. The lowest BCUT2D eigenvalue weighted by atomic mass is 9.97. The largest absolute Gasteiger partial charge is 0.396 e. The van der Waals surface area contributed by atoms with Crippen molar-refractivity contribution in [3.05, 3.63) is 28.5 Å². The SMILES string of the molecule is O=S(=O)(c1ccc(Br)c(F)c1)N1CCCC(CCO)C1. The summed E-state index contributed by atoms with van der Waals surface area (Å²) in [5.41, 5.74) is 0. The van der Waals surface area contributed by atoms with Crippen LogP contribution in [-0.2, 0) is 10.0 Å². The number of sulfonamides is 1. The van der Waals surface area contributed by atoms with Gasteiger partial charge in [-0.2, -0.15) is 4.31 Å². The Labute approximate surface area is 126 Å². The summed E-state index contributed by atoms with van der Waals surface area (Å²) >= 11 is 3.01. The molecule has 1 aliphatic rings. The maximum Gasteiger partial charge on any atom is 0.243 e. The van der Waals surface area contributed by atoms with Crippen molar-refractivity contribution in [1.82, 2.24) is 4.31 Å². The molecule has 0 aliphatic carbocycles. The molecule has 1 aromatic carbocycles. The zero-order chi connectivity index (χ0) is 14.8. The van der Waals surface area contributed by atoms with Crippen LogP contribution in [0.5, 0.6) is 0 Å². The first-order chi connectivity index (χ1) is 9.45. The molecule has 7 heteroatoms. The number of aliphatic hydroxyl groups is 1. The van der Waals surface area contributed by atoms with Crippen molar-refractivity contribution in [1.29, 1.82) is 0 Å². The van der Waals surface area contributed by atoms with Gasteiger partial charge in [-0.25, -0.2) is 12.8 Å². The van der Waals surface area contributed by atoms with Crippen molar-refractivity contribution in [3.8, 4) is 0 Å². The Morgan fingerprint density at radius 1 is 1.45 bits per heavy atom. The summed E-state index contributed by atoms with van der Waals surface area (Å²) in [6, 6.07) is 3.84. The molecule has 1 fully saturated rings. The fourth-order valence-electron chi connectivity index (χ4n) is 2.45. The fourth-order valence-corrected chi connectivity index (χ4v) is 4.26. The first-order valence-corrected chi connectivity index (χ1v) is 8.74. The van der Waals surface area contributed by atoms with E-state index in [2.05, 4.69) is 15.9 Å². The number of hydrogen-bond acceptors (Lipinski definition) is 3. The molecular formula is C13H17BrFNO3S. The molecular weight excluding hydrogens is 349 g/mol. The molecule has 0 saturated carbocycles. The van der Waals surface area contributed by atoms with E-state index in [1.165, 1.54) is 16.4 Å². The summed E-state index contributed by atoms with van der Waals surface area (Å²) in [6.45, 7) is 0.897. The van der Waals surface area contributed by atoms with Crippen molar-refractivity contribution >= 4 is 26.0 Å². The second kappa shape index (κ2) is 6.51. The quantitative estimate of drug-likeness (QED) is 0.890. The number of halogens is 2.